The Balaban J connectivity index is 2.46. The minimum Gasteiger partial charge on any atom is -0.466 e. The second-order valence-electron chi connectivity index (χ2n) is 7.52. The monoisotopic (exact) mass is 421 g/mol. The summed E-state index contributed by atoms with van der Waals surface area (Å²) in [5.74, 6) is -4.33. The average Bonchev–Trinajstić information content (AvgIpc) is 2.51. The second kappa shape index (κ2) is 8.00. The summed E-state index contributed by atoms with van der Waals surface area (Å²) in [5.41, 5.74) is -1.44. The van der Waals surface area contributed by atoms with E-state index in [0.717, 1.165) is 25.3 Å². The van der Waals surface area contributed by atoms with Crippen LogP contribution in [0.1, 0.15) is 26.3 Å². The smallest absolute Gasteiger partial charge is 0.415 e. The lowest BCUT2D eigenvalue weighted by Crippen LogP contribution is -2.64. The van der Waals surface area contributed by atoms with Crippen molar-refractivity contribution in [1.29, 1.82) is 0 Å². The van der Waals surface area contributed by atoms with Gasteiger partial charge in [0.1, 0.15) is 23.3 Å². The van der Waals surface area contributed by atoms with Crippen LogP contribution in [0.25, 0.3) is 0 Å². The van der Waals surface area contributed by atoms with Gasteiger partial charge in [-0.05, 0) is 44.9 Å². The largest absolute Gasteiger partial charge is 0.466 e. The molecule has 0 unspecified atom stereocenters. The molecular weight excluding hydrogens is 401 g/mol. The molecule has 1 aromatic rings. The van der Waals surface area contributed by atoms with E-state index in [1.165, 1.54) is 20.8 Å². The quantitative estimate of drug-likeness (QED) is 0.413. The van der Waals surface area contributed by atoms with Crippen molar-refractivity contribution in [2.75, 3.05) is 7.11 Å². The highest BCUT2D eigenvalue weighted by Gasteiger charge is 2.61. The van der Waals surface area contributed by atoms with Gasteiger partial charge < -0.3 is 9.47 Å². The average molecular weight is 421 g/mol. The fourth-order valence-corrected chi connectivity index (χ4v) is 3.06. The topological polar surface area (TPSA) is 55.8 Å². The highest BCUT2D eigenvalue weighted by atomic mass is 19.4. The minimum absolute atomic E-state index is 0.0543. The van der Waals surface area contributed by atoms with Crippen LogP contribution >= 0.6 is 0 Å². The summed E-state index contributed by atoms with van der Waals surface area (Å²) in [7, 11) is 1.02. The number of carbonyl (C=O) groups is 2. The Hall–Kier alpha value is -2.65. The van der Waals surface area contributed by atoms with Crippen molar-refractivity contribution >= 4 is 12.1 Å². The summed E-state index contributed by atoms with van der Waals surface area (Å²) in [5, 5.41) is 0. The van der Waals surface area contributed by atoms with Crippen molar-refractivity contribution in [2.45, 2.75) is 45.0 Å². The van der Waals surface area contributed by atoms with E-state index >= 15 is 0 Å². The van der Waals surface area contributed by atoms with Gasteiger partial charge in [-0.15, -0.1) is 0 Å². The van der Waals surface area contributed by atoms with Crippen LogP contribution in [0.4, 0.5) is 26.7 Å². The summed E-state index contributed by atoms with van der Waals surface area (Å²) in [6.07, 6.45) is -5.88. The lowest BCUT2D eigenvalue weighted by molar-refractivity contribution is -0.210. The van der Waals surface area contributed by atoms with Crippen LogP contribution in [-0.4, -0.2) is 41.9 Å². The van der Waals surface area contributed by atoms with Crippen LogP contribution < -0.4 is 0 Å². The third-order valence-corrected chi connectivity index (χ3v) is 4.09. The Bertz CT molecular complexity index is 809. The molecule has 160 valence electrons. The zero-order valence-corrected chi connectivity index (χ0v) is 16.1. The fraction of sp³-hybridized carbons (Fsp3) is 0.474. The van der Waals surface area contributed by atoms with Crippen LogP contribution in [0, 0.1) is 17.6 Å². The molecule has 0 aliphatic carbocycles. The van der Waals surface area contributed by atoms with E-state index in [1.54, 1.807) is 0 Å². The van der Waals surface area contributed by atoms with Crippen LogP contribution in [0.3, 0.4) is 0 Å². The minimum atomic E-state index is -4.87. The maximum atomic E-state index is 13.7. The molecule has 0 saturated carbocycles. The molecule has 1 heterocycles. The van der Waals surface area contributed by atoms with E-state index in [-0.39, 0.29) is 11.3 Å². The highest BCUT2D eigenvalue weighted by Crippen LogP contribution is 2.47. The molecule has 1 saturated heterocycles. The number of methoxy groups -OCH3 is 1. The molecule has 0 spiro atoms. The molecule has 10 heteroatoms. The number of rotatable bonds is 3. The Labute approximate surface area is 164 Å². The molecule has 1 amide bonds. The molecule has 29 heavy (non-hydrogen) atoms. The summed E-state index contributed by atoms with van der Waals surface area (Å²) in [6, 6.07) is 0.0359. The number of likely N-dealkylation sites (tertiary alicyclic amines) is 1. The van der Waals surface area contributed by atoms with E-state index < -0.39 is 53.9 Å². The van der Waals surface area contributed by atoms with Crippen LogP contribution in [0.15, 0.2) is 30.0 Å². The van der Waals surface area contributed by atoms with Gasteiger partial charge in [0, 0.05) is 23.8 Å². The maximum absolute atomic E-state index is 13.7. The number of ether oxygens (including phenoxy) is 2. The van der Waals surface area contributed by atoms with E-state index in [1.807, 2.05) is 0 Å². The van der Waals surface area contributed by atoms with Gasteiger partial charge in [-0.3, -0.25) is 4.90 Å². The number of benzene rings is 1. The number of esters is 1. The zero-order chi connectivity index (χ0) is 22.1. The lowest BCUT2D eigenvalue weighted by Gasteiger charge is -2.50. The molecule has 0 N–H and O–H groups in total. The standard InChI is InChI=1S/C19H20F5NO4/c1-18(2,3)29-17(27)25-14(9-15(26)28-4)13(16(25)19(22,23)24)7-10-5-11(20)8-12(21)6-10/h5-6,8-9,13,16H,7H2,1-4H3/b14-9+/t13-,16-/m1/s1. The Kier molecular flexibility index (Phi) is 6.24. The zero-order valence-electron chi connectivity index (χ0n) is 16.1. The normalized spacial score (nSPS) is 21.0. The number of amides is 1. The summed E-state index contributed by atoms with van der Waals surface area (Å²) in [6.45, 7) is 4.43. The SMILES string of the molecule is COC(=O)/C=C1\[C@@H](Cc2cc(F)cc(F)c2)[C@H](C(F)(F)F)N1C(=O)OC(C)(C)C. The van der Waals surface area contributed by atoms with E-state index in [0.29, 0.717) is 11.0 Å². The van der Waals surface area contributed by atoms with Gasteiger partial charge in [0.15, 0.2) is 0 Å². The van der Waals surface area contributed by atoms with E-state index in [2.05, 4.69) is 4.74 Å². The second-order valence-corrected chi connectivity index (χ2v) is 7.52. The number of carbonyl (C=O) groups excluding carboxylic acids is 2. The first-order valence-electron chi connectivity index (χ1n) is 8.56. The molecule has 5 nitrogen and oxygen atoms in total. The van der Waals surface area contributed by atoms with Crippen molar-refractivity contribution in [3.8, 4) is 0 Å². The van der Waals surface area contributed by atoms with E-state index in [9.17, 15) is 31.5 Å². The Morgan fingerprint density at radius 1 is 1.10 bits per heavy atom. The van der Waals surface area contributed by atoms with Gasteiger partial charge in [-0.1, -0.05) is 0 Å². The van der Waals surface area contributed by atoms with Crippen molar-refractivity contribution in [3.63, 3.8) is 0 Å². The number of alkyl halides is 3. The number of nitrogens with zero attached hydrogens (tertiary/aromatic N) is 1. The summed E-state index contributed by atoms with van der Waals surface area (Å²) < 4.78 is 77.5. The van der Waals surface area contributed by atoms with Gasteiger partial charge in [-0.25, -0.2) is 18.4 Å². The third-order valence-electron chi connectivity index (χ3n) is 4.09. The molecule has 1 fully saturated rings. The molecule has 2 rings (SSSR count). The number of halogens is 5. The molecule has 1 aromatic carbocycles. The first-order valence-corrected chi connectivity index (χ1v) is 8.56. The van der Waals surface area contributed by atoms with Crippen LogP contribution in [0.5, 0.6) is 0 Å². The maximum Gasteiger partial charge on any atom is 0.415 e. The van der Waals surface area contributed by atoms with Crippen molar-refractivity contribution in [2.24, 2.45) is 5.92 Å². The molecular formula is C19H20F5NO4. The molecule has 0 aromatic heterocycles. The molecule has 1 aliphatic heterocycles. The lowest BCUT2D eigenvalue weighted by atomic mass is 9.79. The van der Waals surface area contributed by atoms with Gasteiger partial charge in [0.25, 0.3) is 0 Å². The summed E-state index contributed by atoms with van der Waals surface area (Å²) in [4.78, 5) is 24.3. The Morgan fingerprint density at radius 3 is 2.10 bits per heavy atom. The predicted octanol–water partition coefficient (Wildman–Crippen LogP) is 4.36. The van der Waals surface area contributed by atoms with Gasteiger partial charge in [0.05, 0.1) is 7.11 Å². The van der Waals surface area contributed by atoms with Crippen molar-refractivity contribution < 1.29 is 41.0 Å². The van der Waals surface area contributed by atoms with Crippen LogP contribution in [-0.2, 0) is 20.7 Å². The van der Waals surface area contributed by atoms with Gasteiger partial charge in [-0.2, -0.15) is 13.2 Å². The molecule has 2 atom stereocenters. The predicted molar refractivity (Wildman–Crippen MR) is 91.6 cm³/mol. The molecule has 0 bridgehead atoms. The molecule has 1 aliphatic rings. The highest BCUT2D eigenvalue weighted by molar-refractivity contribution is 5.85. The van der Waals surface area contributed by atoms with E-state index in [4.69, 9.17) is 4.74 Å². The number of hydrogen-bond donors (Lipinski definition) is 0. The van der Waals surface area contributed by atoms with Gasteiger partial charge >= 0.3 is 18.2 Å². The third kappa shape index (κ3) is 5.45. The first kappa shape index (κ1) is 22.6. The van der Waals surface area contributed by atoms with Crippen LogP contribution in [0.2, 0.25) is 0 Å². The fourth-order valence-electron chi connectivity index (χ4n) is 3.06. The number of hydrogen-bond acceptors (Lipinski definition) is 4. The molecule has 0 radical (unpaired) electrons. The first-order chi connectivity index (χ1) is 13.2. The van der Waals surface area contributed by atoms with Gasteiger partial charge in [0.2, 0.25) is 0 Å². The van der Waals surface area contributed by atoms with Crippen molar-refractivity contribution in [1.82, 2.24) is 4.90 Å². The Morgan fingerprint density at radius 2 is 1.66 bits per heavy atom. The summed E-state index contributed by atoms with van der Waals surface area (Å²) >= 11 is 0. The van der Waals surface area contributed by atoms with Crippen molar-refractivity contribution in [3.05, 3.63) is 47.2 Å².